The Kier molecular flexibility index (Phi) is 3.59. The van der Waals surface area contributed by atoms with Gasteiger partial charge in [0.1, 0.15) is 5.69 Å². The Balaban J connectivity index is 1.51. The van der Waals surface area contributed by atoms with Crippen LogP contribution in [0.3, 0.4) is 0 Å². The lowest BCUT2D eigenvalue weighted by Gasteiger charge is -1.98. The van der Waals surface area contributed by atoms with Crippen molar-refractivity contribution in [2.24, 2.45) is 0 Å². The summed E-state index contributed by atoms with van der Waals surface area (Å²) < 4.78 is 10.5. The van der Waals surface area contributed by atoms with Crippen molar-refractivity contribution in [3.8, 4) is 22.8 Å². The van der Waals surface area contributed by atoms with Crippen LogP contribution in [0.5, 0.6) is 11.5 Å². The number of hydrogen-bond acceptors (Lipinski definition) is 3. The highest BCUT2D eigenvalue weighted by Crippen LogP contribution is 2.32. The summed E-state index contributed by atoms with van der Waals surface area (Å²) in [5.41, 5.74) is 3.43. The summed E-state index contributed by atoms with van der Waals surface area (Å²) in [4.78, 5) is 12.3. The van der Waals surface area contributed by atoms with Crippen LogP contribution in [-0.2, 0) is 0 Å². The third kappa shape index (κ3) is 2.79. The van der Waals surface area contributed by atoms with Crippen LogP contribution < -0.4 is 14.6 Å². The number of carbonyl (C=O) groups is 1. The van der Waals surface area contributed by atoms with Crippen LogP contribution in [-0.4, -0.2) is 17.7 Å². The van der Waals surface area contributed by atoms with E-state index in [1.54, 1.807) is 24.3 Å². The van der Waals surface area contributed by atoms with E-state index < -0.39 is 0 Å². The number of rotatable bonds is 4. The molecule has 1 aromatic heterocycles. The molecular weight excluding hydrogens is 304 g/mol. The van der Waals surface area contributed by atoms with Crippen LogP contribution in [0, 0.1) is 0 Å². The first-order valence-electron chi connectivity index (χ1n) is 7.58. The summed E-state index contributed by atoms with van der Waals surface area (Å²) in [5.74, 6) is 1.18. The van der Waals surface area contributed by atoms with E-state index in [1.165, 1.54) is 6.08 Å². The Morgan fingerprint density at radius 1 is 1.04 bits per heavy atom. The van der Waals surface area contributed by atoms with Crippen molar-refractivity contribution < 1.29 is 19.4 Å². The van der Waals surface area contributed by atoms with Gasteiger partial charge < -0.3 is 9.47 Å². The van der Waals surface area contributed by atoms with Gasteiger partial charge in [-0.2, -0.15) is 5.10 Å². The standard InChI is InChI=1S/C19H14N2O3/c22-17(14-6-9-18-19(10-14)24-12-23-18)8-7-15-11-16(21-20-15)13-4-2-1-3-5-13/h1-11H,12H2,(H,20,21)/p+1/b8-7+. The van der Waals surface area contributed by atoms with Gasteiger partial charge in [-0.25, -0.2) is 0 Å². The fourth-order valence-electron chi connectivity index (χ4n) is 2.54. The van der Waals surface area contributed by atoms with Gasteiger partial charge in [0.15, 0.2) is 17.3 Å². The Hall–Kier alpha value is -3.34. The molecule has 0 unspecified atom stereocenters. The van der Waals surface area contributed by atoms with E-state index in [9.17, 15) is 4.79 Å². The first-order chi connectivity index (χ1) is 11.8. The molecule has 0 spiro atoms. The van der Waals surface area contributed by atoms with E-state index in [0.29, 0.717) is 17.1 Å². The van der Waals surface area contributed by atoms with Gasteiger partial charge in [-0.05, 0) is 42.5 Å². The number of ether oxygens (including phenoxy) is 2. The third-order valence-corrected chi connectivity index (χ3v) is 3.80. The monoisotopic (exact) mass is 319 g/mol. The van der Waals surface area contributed by atoms with E-state index in [1.807, 2.05) is 36.4 Å². The number of nitrogens with one attached hydrogen (secondary N) is 2. The Morgan fingerprint density at radius 2 is 1.88 bits per heavy atom. The molecule has 0 saturated heterocycles. The SMILES string of the molecule is O=C(/C=C/c1cc(-c2ccccc2)[nH+][nH]1)c1ccc2c(c1)OCO2. The largest absolute Gasteiger partial charge is 0.454 e. The van der Waals surface area contributed by atoms with Gasteiger partial charge in [-0.3, -0.25) is 4.79 Å². The number of hydrogen-bond donors (Lipinski definition) is 1. The zero-order valence-electron chi connectivity index (χ0n) is 12.8. The van der Waals surface area contributed by atoms with Gasteiger partial charge in [0.25, 0.3) is 0 Å². The molecule has 1 aliphatic rings. The first kappa shape index (κ1) is 14.3. The molecule has 0 radical (unpaired) electrons. The van der Waals surface area contributed by atoms with Crippen molar-refractivity contribution in [1.29, 1.82) is 0 Å². The Labute approximate surface area is 138 Å². The van der Waals surface area contributed by atoms with Crippen molar-refractivity contribution >= 4 is 11.9 Å². The lowest BCUT2D eigenvalue weighted by molar-refractivity contribution is -0.437. The van der Waals surface area contributed by atoms with Crippen molar-refractivity contribution in [3.63, 3.8) is 0 Å². The summed E-state index contributed by atoms with van der Waals surface area (Å²) in [6, 6.07) is 17.1. The van der Waals surface area contributed by atoms with Gasteiger partial charge in [-0.1, -0.05) is 18.2 Å². The molecule has 0 saturated carbocycles. The molecule has 0 fully saturated rings. The highest BCUT2D eigenvalue weighted by Gasteiger charge is 2.15. The van der Waals surface area contributed by atoms with Gasteiger partial charge in [0.05, 0.1) is 0 Å². The fourth-order valence-corrected chi connectivity index (χ4v) is 2.54. The van der Waals surface area contributed by atoms with E-state index in [0.717, 1.165) is 17.0 Å². The van der Waals surface area contributed by atoms with Crippen molar-refractivity contribution in [2.45, 2.75) is 0 Å². The lowest BCUT2D eigenvalue weighted by atomic mass is 10.1. The molecule has 5 heteroatoms. The van der Waals surface area contributed by atoms with Crippen LogP contribution in [0.15, 0.2) is 60.7 Å². The quantitative estimate of drug-likeness (QED) is 0.593. The van der Waals surface area contributed by atoms with Gasteiger partial charge in [0, 0.05) is 17.2 Å². The van der Waals surface area contributed by atoms with Crippen LogP contribution in [0.2, 0.25) is 0 Å². The molecule has 3 aromatic rings. The van der Waals surface area contributed by atoms with E-state index >= 15 is 0 Å². The number of allylic oxidation sites excluding steroid dienone is 1. The smallest absolute Gasteiger partial charge is 0.236 e. The predicted octanol–water partition coefficient (Wildman–Crippen LogP) is 3.12. The first-order valence-corrected chi connectivity index (χ1v) is 7.58. The molecule has 0 atom stereocenters. The molecule has 0 bridgehead atoms. The van der Waals surface area contributed by atoms with Crippen LogP contribution >= 0.6 is 0 Å². The minimum atomic E-state index is -0.0934. The zero-order chi connectivity index (χ0) is 16.4. The minimum absolute atomic E-state index is 0.0934. The molecule has 2 aromatic carbocycles. The summed E-state index contributed by atoms with van der Waals surface area (Å²) >= 11 is 0. The lowest BCUT2D eigenvalue weighted by Crippen LogP contribution is -2.04. The molecule has 24 heavy (non-hydrogen) atoms. The zero-order valence-corrected chi connectivity index (χ0v) is 12.8. The maximum Gasteiger partial charge on any atom is 0.236 e. The normalized spacial score (nSPS) is 12.7. The molecule has 1 aliphatic heterocycles. The summed E-state index contributed by atoms with van der Waals surface area (Å²) in [6.45, 7) is 0.198. The number of carbonyl (C=O) groups excluding carboxylic acids is 1. The minimum Gasteiger partial charge on any atom is -0.454 e. The molecule has 4 rings (SSSR count). The van der Waals surface area contributed by atoms with Crippen LogP contribution in [0.4, 0.5) is 0 Å². The average molecular weight is 319 g/mol. The van der Waals surface area contributed by atoms with Gasteiger partial charge in [-0.15, -0.1) is 5.10 Å². The highest BCUT2D eigenvalue weighted by atomic mass is 16.7. The van der Waals surface area contributed by atoms with Crippen molar-refractivity contribution in [1.82, 2.24) is 5.10 Å². The Morgan fingerprint density at radius 3 is 2.75 bits per heavy atom. The van der Waals surface area contributed by atoms with Crippen molar-refractivity contribution in [3.05, 3.63) is 71.9 Å². The van der Waals surface area contributed by atoms with E-state index in [2.05, 4.69) is 10.2 Å². The number of fused-ring (bicyclic) bond motifs is 1. The predicted molar refractivity (Wildman–Crippen MR) is 88.7 cm³/mol. The highest BCUT2D eigenvalue weighted by molar-refractivity contribution is 6.07. The maximum absolute atomic E-state index is 12.3. The van der Waals surface area contributed by atoms with Crippen LogP contribution in [0.25, 0.3) is 17.3 Å². The second-order valence-electron chi connectivity index (χ2n) is 5.40. The second kappa shape index (κ2) is 6.04. The average Bonchev–Trinajstić information content (AvgIpc) is 3.29. The third-order valence-electron chi connectivity index (χ3n) is 3.80. The van der Waals surface area contributed by atoms with E-state index in [4.69, 9.17) is 9.47 Å². The number of aromatic nitrogens is 2. The molecular formula is C19H15N2O3+. The number of aromatic amines is 2. The summed E-state index contributed by atoms with van der Waals surface area (Å²) in [6.07, 6.45) is 3.28. The molecule has 118 valence electrons. The number of H-pyrrole nitrogens is 2. The maximum atomic E-state index is 12.3. The van der Waals surface area contributed by atoms with Gasteiger partial charge in [0.2, 0.25) is 12.5 Å². The van der Waals surface area contributed by atoms with E-state index in [-0.39, 0.29) is 12.6 Å². The number of benzene rings is 2. The second-order valence-corrected chi connectivity index (χ2v) is 5.40. The molecule has 5 nitrogen and oxygen atoms in total. The fraction of sp³-hybridized carbons (Fsp3) is 0.0526. The molecule has 2 N–H and O–H groups in total. The van der Waals surface area contributed by atoms with Crippen molar-refractivity contribution in [2.75, 3.05) is 6.79 Å². The molecule has 2 heterocycles. The Bertz CT molecular complexity index is 913. The number of ketones is 1. The van der Waals surface area contributed by atoms with Crippen LogP contribution in [0.1, 0.15) is 16.1 Å². The topological polar surface area (TPSA) is 65.5 Å². The summed E-state index contributed by atoms with van der Waals surface area (Å²) in [7, 11) is 0. The molecule has 0 amide bonds. The molecule has 0 aliphatic carbocycles. The summed E-state index contributed by atoms with van der Waals surface area (Å²) in [5, 5.41) is 6.14. The van der Waals surface area contributed by atoms with Gasteiger partial charge >= 0.3 is 0 Å².